The highest BCUT2D eigenvalue weighted by Gasteiger charge is 2.31. The Kier molecular flexibility index (Phi) is 6.04. The molecule has 0 saturated heterocycles. The summed E-state index contributed by atoms with van der Waals surface area (Å²) in [6, 6.07) is 5.08. The number of nitrogens with zero attached hydrogens (tertiary/aromatic N) is 3. The van der Waals surface area contributed by atoms with Crippen LogP contribution in [0.3, 0.4) is 0 Å². The van der Waals surface area contributed by atoms with Gasteiger partial charge < -0.3 is 19.6 Å². The molecule has 1 aromatic carbocycles. The Morgan fingerprint density at radius 3 is 2.05 bits per heavy atom. The zero-order valence-corrected chi connectivity index (χ0v) is 12.9. The van der Waals surface area contributed by atoms with Gasteiger partial charge in [-0.15, -0.1) is 13.2 Å². The predicted octanol–water partition coefficient (Wildman–Crippen LogP) is 2.10. The van der Waals surface area contributed by atoms with Gasteiger partial charge in [-0.1, -0.05) is 12.1 Å². The molecular formula is C14H20F3N3O2. The lowest BCUT2D eigenvalue weighted by atomic mass is 10.1. The van der Waals surface area contributed by atoms with E-state index in [4.69, 9.17) is 0 Å². The van der Waals surface area contributed by atoms with Crippen molar-refractivity contribution in [1.29, 1.82) is 0 Å². The maximum atomic E-state index is 12.1. The van der Waals surface area contributed by atoms with Crippen LogP contribution in [-0.2, 0) is 0 Å². The minimum absolute atomic E-state index is 0.102. The summed E-state index contributed by atoms with van der Waals surface area (Å²) < 4.78 is 40.0. The third-order valence-electron chi connectivity index (χ3n) is 2.70. The first-order valence-electron chi connectivity index (χ1n) is 6.53. The second-order valence-electron chi connectivity index (χ2n) is 5.06. The van der Waals surface area contributed by atoms with Crippen LogP contribution < -0.4 is 4.74 Å². The number of benzene rings is 1. The zero-order chi connectivity index (χ0) is 16.9. The second-order valence-corrected chi connectivity index (χ2v) is 5.06. The van der Waals surface area contributed by atoms with Crippen molar-refractivity contribution in [2.45, 2.75) is 12.5 Å². The Hall–Kier alpha value is -1.96. The van der Waals surface area contributed by atoms with E-state index in [0.29, 0.717) is 11.5 Å². The topological polar surface area (TPSA) is 48.3 Å². The minimum atomic E-state index is -4.73. The lowest BCUT2D eigenvalue weighted by molar-refractivity contribution is -0.274. The highest BCUT2D eigenvalue weighted by Crippen LogP contribution is 2.24. The fraction of sp³-hybridized carbons (Fsp3) is 0.500. The van der Waals surface area contributed by atoms with Crippen molar-refractivity contribution in [2.75, 3.05) is 34.7 Å². The number of hydrogen-bond donors (Lipinski definition) is 1. The standard InChI is InChI=1S/C14H20F3N3O2/c1-19(2)13(20(3)4)18-9-12(21)10-5-7-11(8-6-10)22-14(15,16)17/h5-8,12,21H,9H2,1-4H3. The van der Waals surface area contributed by atoms with Crippen molar-refractivity contribution in [3.8, 4) is 5.75 Å². The van der Waals surface area contributed by atoms with E-state index in [0.717, 1.165) is 12.1 Å². The smallest absolute Gasteiger partial charge is 0.406 e. The average molecular weight is 319 g/mol. The monoisotopic (exact) mass is 319 g/mol. The Morgan fingerprint density at radius 2 is 1.64 bits per heavy atom. The number of rotatable bonds is 4. The van der Waals surface area contributed by atoms with Crippen molar-refractivity contribution in [3.05, 3.63) is 29.8 Å². The van der Waals surface area contributed by atoms with E-state index in [2.05, 4.69) is 9.73 Å². The lowest BCUT2D eigenvalue weighted by Crippen LogP contribution is -2.35. The van der Waals surface area contributed by atoms with Crippen LogP contribution in [0.2, 0.25) is 0 Å². The highest BCUT2D eigenvalue weighted by molar-refractivity contribution is 5.79. The van der Waals surface area contributed by atoms with E-state index >= 15 is 0 Å². The minimum Gasteiger partial charge on any atom is -0.406 e. The third-order valence-corrected chi connectivity index (χ3v) is 2.70. The highest BCUT2D eigenvalue weighted by atomic mass is 19.4. The van der Waals surface area contributed by atoms with Gasteiger partial charge in [0.25, 0.3) is 0 Å². The van der Waals surface area contributed by atoms with Gasteiger partial charge in [0, 0.05) is 28.2 Å². The molecule has 0 spiro atoms. The number of aliphatic imine (C=N–C) groups is 1. The van der Waals surface area contributed by atoms with Crippen molar-refractivity contribution in [2.24, 2.45) is 4.99 Å². The van der Waals surface area contributed by atoms with Gasteiger partial charge in [0.2, 0.25) is 0 Å². The molecule has 0 aliphatic heterocycles. The maximum absolute atomic E-state index is 12.1. The predicted molar refractivity (Wildman–Crippen MR) is 77.8 cm³/mol. The van der Waals surface area contributed by atoms with Gasteiger partial charge in [-0.05, 0) is 17.7 Å². The van der Waals surface area contributed by atoms with Crippen LogP contribution in [0.5, 0.6) is 5.75 Å². The number of halogens is 3. The van der Waals surface area contributed by atoms with Gasteiger partial charge >= 0.3 is 6.36 Å². The van der Waals surface area contributed by atoms with Crippen molar-refractivity contribution in [1.82, 2.24) is 9.80 Å². The lowest BCUT2D eigenvalue weighted by Gasteiger charge is -2.23. The van der Waals surface area contributed by atoms with Crippen LogP contribution in [0.25, 0.3) is 0 Å². The van der Waals surface area contributed by atoms with Crippen LogP contribution in [0.15, 0.2) is 29.3 Å². The maximum Gasteiger partial charge on any atom is 0.573 e. The van der Waals surface area contributed by atoms with Gasteiger partial charge in [0.15, 0.2) is 5.96 Å². The van der Waals surface area contributed by atoms with E-state index in [1.165, 1.54) is 12.1 Å². The van der Waals surface area contributed by atoms with Crippen LogP contribution in [0, 0.1) is 0 Å². The summed E-state index contributed by atoms with van der Waals surface area (Å²) in [4.78, 5) is 7.89. The van der Waals surface area contributed by atoms with Gasteiger partial charge in [0.1, 0.15) is 5.75 Å². The molecule has 1 atom stereocenters. The number of aliphatic hydroxyl groups excluding tert-OH is 1. The Labute approximate surface area is 127 Å². The SMILES string of the molecule is CN(C)C(=NCC(O)c1ccc(OC(F)(F)F)cc1)N(C)C. The first-order valence-corrected chi connectivity index (χ1v) is 6.53. The summed E-state index contributed by atoms with van der Waals surface area (Å²) in [6.45, 7) is 0.102. The summed E-state index contributed by atoms with van der Waals surface area (Å²) >= 11 is 0. The molecule has 5 nitrogen and oxygen atoms in total. The fourth-order valence-electron chi connectivity index (χ4n) is 1.85. The molecule has 0 aromatic heterocycles. The van der Waals surface area contributed by atoms with Gasteiger partial charge in [-0.3, -0.25) is 0 Å². The number of aliphatic hydroxyl groups is 1. The van der Waals surface area contributed by atoms with E-state index in [1.807, 2.05) is 28.2 Å². The number of alkyl halides is 3. The molecule has 0 fully saturated rings. The average Bonchev–Trinajstić information content (AvgIpc) is 2.36. The molecule has 0 radical (unpaired) electrons. The van der Waals surface area contributed by atoms with Crippen LogP contribution in [0.4, 0.5) is 13.2 Å². The normalized spacial score (nSPS) is 12.5. The summed E-state index contributed by atoms with van der Waals surface area (Å²) in [6.07, 6.45) is -5.63. The molecule has 0 aliphatic carbocycles. The molecule has 124 valence electrons. The largest absolute Gasteiger partial charge is 0.573 e. The molecule has 8 heteroatoms. The molecule has 1 aromatic rings. The molecule has 0 aliphatic rings. The van der Waals surface area contributed by atoms with Crippen LogP contribution in [0.1, 0.15) is 11.7 Å². The molecular weight excluding hydrogens is 299 g/mol. The van der Waals surface area contributed by atoms with Crippen molar-refractivity contribution in [3.63, 3.8) is 0 Å². The Balaban J connectivity index is 2.74. The van der Waals surface area contributed by atoms with Gasteiger partial charge in [-0.25, -0.2) is 4.99 Å². The molecule has 0 saturated carbocycles. The van der Waals surface area contributed by atoms with Crippen LogP contribution in [-0.4, -0.2) is 62.0 Å². The molecule has 0 heterocycles. The summed E-state index contributed by atoms with van der Waals surface area (Å²) in [7, 11) is 7.31. The molecule has 0 bridgehead atoms. The Bertz CT molecular complexity index is 489. The zero-order valence-electron chi connectivity index (χ0n) is 12.9. The first-order chi connectivity index (χ1) is 10.1. The molecule has 1 rings (SSSR count). The number of ether oxygens (including phenoxy) is 1. The summed E-state index contributed by atoms with van der Waals surface area (Å²) in [5, 5.41) is 10.0. The molecule has 0 amide bonds. The molecule has 1 N–H and O–H groups in total. The Morgan fingerprint density at radius 1 is 1.14 bits per heavy atom. The number of guanidine groups is 1. The van der Waals surface area contributed by atoms with Gasteiger partial charge in [0.05, 0.1) is 12.6 Å². The van der Waals surface area contributed by atoms with E-state index < -0.39 is 12.5 Å². The quantitative estimate of drug-likeness (QED) is 0.682. The number of hydrogen-bond acceptors (Lipinski definition) is 3. The van der Waals surface area contributed by atoms with Crippen LogP contribution >= 0.6 is 0 Å². The molecule has 1 unspecified atom stereocenters. The van der Waals surface area contributed by atoms with Gasteiger partial charge in [-0.2, -0.15) is 0 Å². The van der Waals surface area contributed by atoms with Crippen molar-refractivity contribution < 1.29 is 23.0 Å². The summed E-state index contributed by atoms with van der Waals surface area (Å²) in [5.41, 5.74) is 0.468. The second kappa shape index (κ2) is 7.35. The van der Waals surface area contributed by atoms with E-state index in [9.17, 15) is 18.3 Å². The fourth-order valence-corrected chi connectivity index (χ4v) is 1.85. The first kappa shape index (κ1) is 18.1. The van der Waals surface area contributed by atoms with E-state index in [-0.39, 0.29) is 12.3 Å². The van der Waals surface area contributed by atoms with Crippen molar-refractivity contribution >= 4 is 5.96 Å². The van der Waals surface area contributed by atoms with E-state index in [1.54, 1.807) is 9.80 Å². The molecule has 22 heavy (non-hydrogen) atoms. The summed E-state index contributed by atoms with van der Waals surface area (Å²) in [5.74, 6) is 0.352. The third kappa shape index (κ3) is 5.80.